The fourth-order valence-electron chi connectivity index (χ4n) is 3.03. The highest BCUT2D eigenvalue weighted by atomic mass is 16.3. The maximum absolute atomic E-state index is 10.3. The largest absolute Gasteiger partial charge is 0.508 e. The van der Waals surface area contributed by atoms with Gasteiger partial charge < -0.3 is 10.2 Å². The molecule has 0 aliphatic rings. The van der Waals surface area contributed by atoms with Crippen molar-refractivity contribution in [1.29, 1.82) is 0 Å². The zero-order valence-corrected chi connectivity index (χ0v) is 11.8. The number of benzene rings is 4. The fourth-order valence-corrected chi connectivity index (χ4v) is 3.03. The van der Waals surface area contributed by atoms with Crippen molar-refractivity contribution in [2.24, 2.45) is 0 Å². The van der Waals surface area contributed by atoms with E-state index in [4.69, 9.17) is 0 Å². The number of phenolic OH excluding ortho intramolecular Hbond substituents is 2. The van der Waals surface area contributed by atoms with Gasteiger partial charge in [0.15, 0.2) is 0 Å². The Balaban J connectivity index is 2.24. The second kappa shape index (κ2) is 4.78. The molecule has 0 aliphatic carbocycles. The summed E-state index contributed by atoms with van der Waals surface area (Å²) in [5, 5.41) is 24.5. The maximum Gasteiger partial charge on any atom is 0.123 e. The second-order valence-corrected chi connectivity index (χ2v) is 5.40. The lowest BCUT2D eigenvalue weighted by atomic mass is 9.91. The van der Waals surface area contributed by atoms with Crippen molar-refractivity contribution >= 4 is 21.5 Å². The highest BCUT2D eigenvalue weighted by Gasteiger charge is 2.13. The zero-order valence-electron chi connectivity index (χ0n) is 11.8. The van der Waals surface area contributed by atoms with Crippen molar-refractivity contribution in [2.45, 2.75) is 0 Å². The summed E-state index contributed by atoms with van der Waals surface area (Å²) in [6, 6.07) is 23.0. The summed E-state index contributed by atoms with van der Waals surface area (Å²) < 4.78 is 0. The number of rotatable bonds is 1. The molecule has 0 amide bonds. The first-order valence-electron chi connectivity index (χ1n) is 7.17. The minimum Gasteiger partial charge on any atom is -0.508 e. The first-order chi connectivity index (χ1) is 10.7. The lowest BCUT2D eigenvalue weighted by molar-refractivity contribution is 0.462. The van der Waals surface area contributed by atoms with Gasteiger partial charge in [-0.25, -0.2) is 0 Å². The van der Waals surface area contributed by atoms with Crippen LogP contribution in [0.25, 0.3) is 32.7 Å². The summed E-state index contributed by atoms with van der Waals surface area (Å²) in [4.78, 5) is 0. The number of hydrogen-bond acceptors (Lipinski definition) is 2. The van der Waals surface area contributed by atoms with Crippen LogP contribution in [0.5, 0.6) is 11.5 Å². The van der Waals surface area contributed by atoms with Crippen LogP contribution in [-0.4, -0.2) is 10.2 Å². The van der Waals surface area contributed by atoms with E-state index in [-0.39, 0.29) is 11.5 Å². The lowest BCUT2D eigenvalue weighted by Crippen LogP contribution is -1.86. The molecule has 0 fully saturated rings. The van der Waals surface area contributed by atoms with Crippen molar-refractivity contribution < 1.29 is 10.2 Å². The fraction of sp³-hybridized carbons (Fsp3) is 0. The Bertz CT molecular complexity index is 949. The molecule has 0 radical (unpaired) electrons. The average Bonchev–Trinajstić information content (AvgIpc) is 2.55. The molecule has 106 valence electrons. The van der Waals surface area contributed by atoms with Gasteiger partial charge in [0, 0.05) is 11.1 Å². The highest BCUT2D eigenvalue weighted by Crippen LogP contribution is 2.41. The Morgan fingerprint density at radius 1 is 0.591 bits per heavy atom. The van der Waals surface area contributed by atoms with Crippen molar-refractivity contribution in [2.75, 3.05) is 0 Å². The number of fused-ring (bicyclic) bond motifs is 2. The molecular weight excluding hydrogens is 272 g/mol. The van der Waals surface area contributed by atoms with Crippen LogP contribution in [0.4, 0.5) is 0 Å². The predicted molar refractivity (Wildman–Crippen MR) is 90.2 cm³/mol. The van der Waals surface area contributed by atoms with E-state index < -0.39 is 0 Å². The predicted octanol–water partition coefficient (Wildman–Crippen LogP) is 5.07. The monoisotopic (exact) mass is 286 g/mol. The van der Waals surface area contributed by atoms with Crippen LogP contribution in [0.1, 0.15) is 0 Å². The van der Waals surface area contributed by atoms with Crippen LogP contribution in [-0.2, 0) is 0 Å². The molecule has 0 atom stereocenters. The van der Waals surface area contributed by atoms with E-state index >= 15 is 0 Å². The van der Waals surface area contributed by atoms with Gasteiger partial charge >= 0.3 is 0 Å². The molecule has 0 unspecified atom stereocenters. The molecule has 22 heavy (non-hydrogen) atoms. The van der Waals surface area contributed by atoms with Crippen LogP contribution in [0, 0.1) is 0 Å². The van der Waals surface area contributed by atoms with E-state index in [2.05, 4.69) is 18.2 Å². The smallest absolute Gasteiger partial charge is 0.123 e. The normalized spacial score (nSPS) is 11.1. The van der Waals surface area contributed by atoms with E-state index in [1.807, 2.05) is 36.4 Å². The van der Waals surface area contributed by atoms with Gasteiger partial charge in [0.1, 0.15) is 11.5 Å². The Morgan fingerprint density at radius 2 is 1.18 bits per heavy atom. The molecule has 0 aromatic heterocycles. The summed E-state index contributed by atoms with van der Waals surface area (Å²) >= 11 is 0. The molecule has 2 N–H and O–H groups in total. The van der Waals surface area contributed by atoms with Crippen LogP contribution in [0.3, 0.4) is 0 Å². The van der Waals surface area contributed by atoms with Crippen molar-refractivity contribution in [3.8, 4) is 22.6 Å². The molecule has 2 heteroatoms. The lowest BCUT2D eigenvalue weighted by Gasteiger charge is -2.13. The van der Waals surface area contributed by atoms with Crippen LogP contribution in [0.15, 0.2) is 72.8 Å². The van der Waals surface area contributed by atoms with Gasteiger partial charge in [0.05, 0.1) is 0 Å². The van der Waals surface area contributed by atoms with Gasteiger partial charge in [-0.3, -0.25) is 0 Å². The summed E-state index contributed by atoms with van der Waals surface area (Å²) in [7, 11) is 0. The van der Waals surface area contributed by atoms with Gasteiger partial charge in [0.2, 0.25) is 0 Å². The third-order valence-electron chi connectivity index (χ3n) is 4.02. The number of aromatic hydroxyl groups is 2. The van der Waals surface area contributed by atoms with Crippen LogP contribution < -0.4 is 0 Å². The minimum atomic E-state index is 0.143. The summed E-state index contributed by atoms with van der Waals surface area (Å²) in [5.74, 6) is 0.309. The molecule has 4 rings (SSSR count). The van der Waals surface area contributed by atoms with Gasteiger partial charge in [-0.2, -0.15) is 0 Å². The van der Waals surface area contributed by atoms with Crippen molar-refractivity contribution in [3.63, 3.8) is 0 Å². The SMILES string of the molecule is Oc1ccc(O)c(-c2c3ccccc3cc3ccccc23)c1. The second-order valence-electron chi connectivity index (χ2n) is 5.40. The molecule has 0 bridgehead atoms. The summed E-state index contributed by atoms with van der Waals surface area (Å²) in [5.41, 5.74) is 1.59. The van der Waals surface area contributed by atoms with Crippen LogP contribution in [0.2, 0.25) is 0 Å². The molecule has 0 aliphatic heterocycles. The van der Waals surface area contributed by atoms with Gasteiger partial charge in [-0.15, -0.1) is 0 Å². The summed E-state index contributed by atoms with van der Waals surface area (Å²) in [6.45, 7) is 0. The molecule has 4 aromatic rings. The maximum atomic E-state index is 10.3. The molecule has 0 heterocycles. The van der Waals surface area contributed by atoms with Gasteiger partial charge in [-0.05, 0) is 45.8 Å². The molecule has 0 saturated heterocycles. The molecular formula is C20H14O2. The van der Waals surface area contributed by atoms with Gasteiger partial charge in [0.25, 0.3) is 0 Å². The highest BCUT2D eigenvalue weighted by molar-refractivity contribution is 6.13. The first kappa shape index (κ1) is 12.7. The Labute approximate surface area is 127 Å². The standard InChI is InChI=1S/C20H14O2/c21-15-9-10-19(22)18(12-15)20-16-7-3-1-5-13(16)11-14-6-2-4-8-17(14)20/h1-12,21-22H. The van der Waals surface area contributed by atoms with Crippen LogP contribution >= 0.6 is 0 Å². The zero-order chi connectivity index (χ0) is 15.1. The molecule has 4 aromatic carbocycles. The number of phenols is 2. The van der Waals surface area contributed by atoms with Crippen molar-refractivity contribution in [1.82, 2.24) is 0 Å². The molecule has 2 nitrogen and oxygen atoms in total. The Hall–Kier alpha value is -3.00. The Morgan fingerprint density at radius 3 is 1.82 bits per heavy atom. The Kier molecular flexibility index (Phi) is 2.76. The van der Waals surface area contributed by atoms with E-state index in [9.17, 15) is 10.2 Å². The molecule has 0 saturated carbocycles. The third-order valence-corrected chi connectivity index (χ3v) is 4.02. The summed E-state index contributed by atoms with van der Waals surface area (Å²) in [6.07, 6.45) is 0. The van der Waals surface area contributed by atoms with E-state index in [0.717, 1.165) is 27.1 Å². The average molecular weight is 286 g/mol. The van der Waals surface area contributed by atoms with E-state index in [0.29, 0.717) is 5.56 Å². The third kappa shape index (κ3) is 1.89. The molecule has 0 spiro atoms. The minimum absolute atomic E-state index is 0.143. The first-order valence-corrected chi connectivity index (χ1v) is 7.17. The quantitative estimate of drug-likeness (QED) is 0.379. The van der Waals surface area contributed by atoms with Gasteiger partial charge in [-0.1, -0.05) is 48.5 Å². The van der Waals surface area contributed by atoms with E-state index in [1.54, 1.807) is 6.07 Å². The van der Waals surface area contributed by atoms with E-state index in [1.165, 1.54) is 12.1 Å². The van der Waals surface area contributed by atoms with Crippen molar-refractivity contribution in [3.05, 3.63) is 72.8 Å². The topological polar surface area (TPSA) is 40.5 Å². The number of hydrogen-bond donors (Lipinski definition) is 2.